The summed E-state index contributed by atoms with van der Waals surface area (Å²) in [5, 5.41) is 0. The molecule has 1 heterocycles. The fraction of sp³-hybridized carbons (Fsp3) is 0.429. The highest BCUT2D eigenvalue weighted by Gasteiger charge is 2.23. The van der Waals surface area contributed by atoms with Crippen LogP contribution in [0.2, 0.25) is 0 Å². The molecule has 0 aliphatic heterocycles. The molecule has 2 nitrogen and oxygen atoms in total. The minimum absolute atomic E-state index is 0.601. The molecular formula is C7H8N2S. The van der Waals surface area contributed by atoms with Crippen LogP contribution in [-0.4, -0.2) is 9.97 Å². The lowest BCUT2D eigenvalue weighted by atomic mass is 10.3. The van der Waals surface area contributed by atoms with Gasteiger partial charge in [-0.1, -0.05) is 0 Å². The van der Waals surface area contributed by atoms with Gasteiger partial charge >= 0.3 is 0 Å². The summed E-state index contributed by atoms with van der Waals surface area (Å²) in [5.74, 6) is 0.740. The number of aromatic amines is 1. The van der Waals surface area contributed by atoms with Gasteiger partial charge in [0.1, 0.15) is 0 Å². The summed E-state index contributed by atoms with van der Waals surface area (Å²) in [6.45, 7) is 0. The Balaban J connectivity index is 2.41. The van der Waals surface area contributed by atoms with Gasteiger partial charge in [0.25, 0.3) is 0 Å². The molecule has 1 aliphatic carbocycles. The van der Waals surface area contributed by atoms with Gasteiger partial charge in [-0.15, -0.1) is 0 Å². The van der Waals surface area contributed by atoms with E-state index in [0.717, 1.165) is 5.92 Å². The number of hydrogen-bond acceptors (Lipinski definition) is 2. The maximum Gasteiger partial charge on any atom is 0.196 e. The highest BCUT2D eigenvalue weighted by atomic mass is 32.1. The number of nitrogens with one attached hydrogen (secondary N) is 1. The van der Waals surface area contributed by atoms with Gasteiger partial charge in [-0.05, 0) is 37.0 Å². The van der Waals surface area contributed by atoms with Gasteiger partial charge < -0.3 is 4.98 Å². The first kappa shape index (κ1) is 6.04. The lowest BCUT2D eigenvalue weighted by Gasteiger charge is -1.94. The van der Waals surface area contributed by atoms with E-state index >= 15 is 0 Å². The highest BCUT2D eigenvalue weighted by Crippen LogP contribution is 2.38. The smallest absolute Gasteiger partial charge is 0.196 e. The summed E-state index contributed by atoms with van der Waals surface area (Å²) in [6.07, 6.45) is 4.37. The minimum Gasteiger partial charge on any atom is -0.334 e. The first-order valence-electron chi connectivity index (χ1n) is 3.41. The fourth-order valence-electron chi connectivity index (χ4n) is 1.02. The van der Waals surface area contributed by atoms with Crippen LogP contribution >= 0.6 is 12.2 Å². The van der Waals surface area contributed by atoms with Crippen molar-refractivity contribution in [2.75, 3.05) is 0 Å². The zero-order valence-electron chi connectivity index (χ0n) is 5.50. The normalized spacial score (nSPS) is 17.2. The SMILES string of the molecule is S=c1nccc(C2CC2)[nH]1. The van der Waals surface area contributed by atoms with Crippen molar-refractivity contribution in [3.8, 4) is 0 Å². The van der Waals surface area contributed by atoms with Crippen LogP contribution in [0.5, 0.6) is 0 Å². The Morgan fingerprint density at radius 1 is 1.60 bits per heavy atom. The van der Waals surface area contributed by atoms with E-state index in [0.29, 0.717) is 4.77 Å². The molecule has 1 aromatic heterocycles. The largest absolute Gasteiger partial charge is 0.334 e. The standard InChI is InChI=1S/C7H8N2S/c10-7-8-4-3-6(9-7)5-1-2-5/h3-5H,1-2H2,(H,8,9,10). The topological polar surface area (TPSA) is 28.7 Å². The summed E-state index contributed by atoms with van der Waals surface area (Å²) >= 11 is 4.88. The predicted molar refractivity (Wildman–Crippen MR) is 41.4 cm³/mol. The van der Waals surface area contributed by atoms with Gasteiger partial charge in [-0.3, -0.25) is 0 Å². The van der Waals surface area contributed by atoms with Gasteiger partial charge in [-0.25, -0.2) is 4.98 Å². The molecule has 1 N–H and O–H groups in total. The Kier molecular flexibility index (Phi) is 1.31. The van der Waals surface area contributed by atoms with E-state index in [2.05, 4.69) is 9.97 Å². The molecule has 52 valence electrons. The highest BCUT2D eigenvalue weighted by molar-refractivity contribution is 7.71. The van der Waals surface area contributed by atoms with Crippen LogP contribution in [0.1, 0.15) is 24.5 Å². The van der Waals surface area contributed by atoms with Crippen molar-refractivity contribution in [2.45, 2.75) is 18.8 Å². The molecule has 1 aliphatic rings. The van der Waals surface area contributed by atoms with Crippen LogP contribution in [0.3, 0.4) is 0 Å². The zero-order chi connectivity index (χ0) is 6.97. The lowest BCUT2D eigenvalue weighted by Crippen LogP contribution is -1.87. The fourth-order valence-corrected chi connectivity index (χ4v) is 1.19. The van der Waals surface area contributed by atoms with E-state index in [1.54, 1.807) is 6.20 Å². The van der Waals surface area contributed by atoms with Gasteiger partial charge in [-0.2, -0.15) is 0 Å². The molecule has 1 aromatic rings. The number of hydrogen-bond donors (Lipinski definition) is 1. The molecule has 1 fully saturated rings. The summed E-state index contributed by atoms with van der Waals surface area (Å²) in [7, 11) is 0. The van der Waals surface area contributed by atoms with Gasteiger partial charge in [0.15, 0.2) is 4.77 Å². The van der Waals surface area contributed by atoms with Crippen molar-refractivity contribution >= 4 is 12.2 Å². The van der Waals surface area contributed by atoms with Crippen LogP contribution in [-0.2, 0) is 0 Å². The Morgan fingerprint density at radius 2 is 2.40 bits per heavy atom. The van der Waals surface area contributed by atoms with Crippen molar-refractivity contribution in [1.29, 1.82) is 0 Å². The molecule has 10 heavy (non-hydrogen) atoms. The van der Waals surface area contributed by atoms with Crippen molar-refractivity contribution in [1.82, 2.24) is 9.97 Å². The average Bonchev–Trinajstić information content (AvgIpc) is 2.68. The summed E-state index contributed by atoms with van der Waals surface area (Å²) in [5.41, 5.74) is 1.25. The third-order valence-electron chi connectivity index (χ3n) is 1.71. The zero-order valence-corrected chi connectivity index (χ0v) is 6.32. The molecule has 0 unspecified atom stereocenters. The molecule has 1 saturated carbocycles. The lowest BCUT2D eigenvalue weighted by molar-refractivity contribution is 0.973. The van der Waals surface area contributed by atoms with Crippen molar-refractivity contribution in [3.05, 3.63) is 22.7 Å². The van der Waals surface area contributed by atoms with Crippen LogP contribution < -0.4 is 0 Å². The predicted octanol–water partition coefficient (Wildman–Crippen LogP) is 2.02. The second-order valence-corrected chi connectivity index (χ2v) is 2.99. The van der Waals surface area contributed by atoms with Crippen molar-refractivity contribution < 1.29 is 0 Å². The van der Waals surface area contributed by atoms with Crippen LogP contribution in [0.15, 0.2) is 12.3 Å². The number of aromatic nitrogens is 2. The quantitative estimate of drug-likeness (QED) is 0.624. The number of nitrogens with zero attached hydrogens (tertiary/aromatic N) is 1. The maximum atomic E-state index is 4.88. The van der Waals surface area contributed by atoms with Crippen molar-refractivity contribution in [3.63, 3.8) is 0 Å². The molecule has 0 aromatic carbocycles. The molecule has 0 atom stereocenters. The molecule has 0 bridgehead atoms. The number of H-pyrrole nitrogens is 1. The second kappa shape index (κ2) is 2.16. The summed E-state index contributed by atoms with van der Waals surface area (Å²) < 4.78 is 0.601. The monoisotopic (exact) mass is 152 g/mol. The first-order chi connectivity index (χ1) is 4.86. The number of rotatable bonds is 1. The third kappa shape index (κ3) is 1.09. The van der Waals surface area contributed by atoms with Crippen LogP contribution in [0.4, 0.5) is 0 Å². The van der Waals surface area contributed by atoms with E-state index < -0.39 is 0 Å². The van der Waals surface area contributed by atoms with Crippen LogP contribution in [0.25, 0.3) is 0 Å². The first-order valence-corrected chi connectivity index (χ1v) is 3.82. The van der Waals surface area contributed by atoms with Gasteiger partial charge in [0, 0.05) is 11.9 Å². The third-order valence-corrected chi connectivity index (χ3v) is 1.92. The molecule has 0 saturated heterocycles. The minimum atomic E-state index is 0.601. The van der Waals surface area contributed by atoms with E-state index in [-0.39, 0.29) is 0 Å². The molecular weight excluding hydrogens is 144 g/mol. The molecule has 2 rings (SSSR count). The van der Waals surface area contributed by atoms with E-state index in [1.807, 2.05) is 6.07 Å². The second-order valence-electron chi connectivity index (χ2n) is 2.60. The van der Waals surface area contributed by atoms with E-state index in [4.69, 9.17) is 12.2 Å². The summed E-state index contributed by atoms with van der Waals surface area (Å²) in [6, 6.07) is 2.01. The molecule has 0 radical (unpaired) electrons. The van der Waals surface area contributed by atoms with Crippen LogP contribution in [0, 0.1) is 4.77 Å². The van der Waals surface area contributed by atoms with E-state index in [9.17, 15) is 0 Å². The molecule has 0 spiro atoms. The van der Waals surface area contributed by atoms with Crippen molar-refractivity contribution in [2.24, 2.45) is 0 Å². The van der Waals surface area contributed by atoms with Gasteiger partial charge in [0.2, 0.25) is 0 Å². The van der Waals surface area contributed by atoms with Gasteiger partial charge in [0.05, 0.1) is 0 Å². The molecule has 3 heteroatoms. The Bertz CT molecular complexity index is 288. The average molecular weight is 152 g/mol. The summed E-state index contributed by atoms with van der Waals surface area (Å²) in [4.78, 5) is 6.98. The molecule has 0 amide bonds. The maximum absolute atomic E-state index is 4.88. The Morgan fingerprint density at radius 3 is 3.00 bits per heavy atom. The Labute approximate surface area is 64.3 Å². The Hall–Kier alpha value is -0.700. The van der Waals surface area contributed by atoms with E-state index in [1.165, 1.54) is 18.5 Å².